The molecule has 0 spiro atoms. The number of hydrogen-bond donors (Lipinski definition) is 1. The number of hydrogen-bond acceptors (Lipinski definition) is 6. The Kier molecular flexibility index (Phi) is 3.02. The van der Waals surface area contributed by atoms with Crippen molar-refractivity contribution in [2.75, 3.05) is 0 Å². The summed E-state index contributed by atoms with van der Waals surface area (Å²) in [6, 6.07) is -0.550. The number of nitrogens with two attached hydrogens (primary N) is 1. The maximum Gasteiger partial charge on any atom is 0.237 e. The van der Waals surface area contributed by atoms with Crippen LogP contribution in [-0.2, 0) is 6.54 Å². The average Bonchev–Trinajstić information content (AvgIpc) is 2.78. The van der Waals surface area contributed by atoms with E-state index >= 15 is 0 Å². The van der Waals surface area contributed by atoms with Gasteiger partial charge < -0.3 is 10.3 Å². The Morgan fingerprint density at radius 2 is 2.43 bits per heavy atom. The quantitative estimate of drug-likeness (QED) is 0.571. The summed E-state index contributed by atoms with van der Waals surface area (Å²) >= 11 is 0. The molecule has 0 aliphatic heterocycles. The van der Waals surface area contributed by atoms with Crippen LogP contribution in [-0.4, -0.2) is 21.1 Å². The van der Waals surface area contributed by atoms with Crippen LogP contribution in [0.15, 0.2) is 4.52 Å². The van der Waals surface area contributed by atoms with Crippen molar-refractivity contribution in [2.45, 2.75) is 24.9 Å². The van der Waals surface area contributed by atoms with Crippen molar-refractivity contribution in [3.05, 3.63) is 21.8 Å². The van der Waals surface area contributed by atoms with Gasteiger partial charge in [0.25, 0.3) is 0 Å². The van der Waals surface area contributed by atoms with Gasteiger partial charge in [-0.05, 0) is 0 Å². The van der Waals surface area contributed by atoms with E-state index < -0.39 is 6.04 Å². The van der Waals surface area contributed by atoms with E-state index in [1.54, 1.807) is 0 Å². The van der Waals surface area contributed by atoms with Crippen molar-refractivity contribution in [3.63, 3.8) is 0 Å². The first-order valence-electron chi connectivity index (χ1n) is 3.88. The summed E-state index contributed by atoms with van der Waals surface area (Å²) in [7, 11) is 0. The Morgan fingerprint density at radius 3 is 2.86 bits per heavy atom. The first kappa shape index (κ1) is 10.9. The lowest BCUT2D eigenvalue weighted by Crippen LogP contribution is -2.03. The zero-order chi connectivity index (χ0) is 9.42. The van der Waals surface area contributed by atoms with Crippen LogP contribution in [0.3, 0.4) is 0 Å². The summed E-state index contributed by atoms with van der Waals surface area (Å²) in [5.41, 5.74) is 5.26. The molecular formula is C6H9ClN4O3. The summed E-state index contributed by atoms with van der Waals surface area (Å²) in [6.07, 6.45) is 0.485. The van der Waals surface area contributed by atoms with Crippen LogP contribution >= 0.6 is 12.4 Å². The first-order valence-corrected chi connectivity index (χ1v) is 3.88. The standard InChI is InChI=1S/C6H8N4O3.ClH/c7-2-5-8-6(13-9-5)3-1-4(3)10(11)12;/h3-4H,1-2,7H2;1H/t3-,4-;/m0./s1. The zero-order valence-corrected chi connectivity index (χ0v) is 7.94. The topological polar surface area (TPSA) is 108 Å². The summed E-state index contributed by atoms with van der Waals surface area (Å²) in [6.45, 7) is 0.194. The van der Waals surface area contributed by atoms with Gasteiger partial charge in [0.05, 0.1) is 6.54 Å². The molecule has 14 heavy (non-hydrogen) atoms. The summed E-state index contributed by atoms with van der Waals surface area (Å²) in [5.74, 6) is 0.522. The SMILES string of the molecule is Cl.NCc1noc([C@H]2C[C@@H]2[N+](=O)[O-])n1. The predicted octanol–water partition coefficient (Wildman–Crippen LogP) is 0.0827. The molecule has 1 fully saturated rings. The van der Waals surface area contributed by atoms with Gasteiger partial charge in [0.15, 0.2) is 5.82 Å². The molecule has 0 radical (unpaired) electrons. The minimum absolute atomic E-state index is 0. The Balaban J connectivity index is 0.000000980. The second-order valence-electron chi connectivity index (χ2n) is 2.95. The fraction of sp³-hybridized carbons (Fsp3) is 0.667. The van der Waals surface area contributed by atoms with Crippen molar-refractivity contribution >= 4 is 12.4 Å². The summed E-state index contributed by atoms with van der Waals surface area (Å²) in [4.78, 5) is 13.9. The number of nitro groups is 1. The molecular weight excluding hydrogens is 212 g/mol. The van der Waals surface area contributed by atoms with E-state index in [2.05, 4.69) is 10.1 Å². The van der Waals surface area contributed by atoms with Crippen LogP contribution in [0.2, 0.25) is 0 Å². The second kappa shape index (κ2) is 3.89. The molecule has 2 rings (SSSR count). The normalized spacial score (nSPS) is 24.1. The lowest BCUT2D eigenvalue weighted by Gasteiger charge is -1.85. The number of aromatic nitrogens is 2. The van der Waals surface area contributed by atoms with Gasteiger partial charge >= 0.3 is 0 Å². The highest BCUT2D eigenvalue weighted by atomic mass is 35.5. The van der Waals surface area contributed by atoms with Crippen molar-refractivity contribution in [2.24, 2.45) is 5.73 Å². The van der Waals surface area contributed by atoms with Gasteiger partial charge in [-0.25, -0.2) is 0 Å². The fourth-order valence-corrected chi connectivity index (χ4v) is 1.18. The highest BCUT2D eigenvalue weighted by molar-refractivity contribution is 5.85. The minimum Gasteiger partial charge on any atom is -0.339 e. The monoisotopic (exact) mass is 220 g/mol. The summed E-state index contributed by atoms with van der Waals surface area (Å²) < 4.78 is 4.81. The highest BCUT2D eigenvalue weighted by Crippen LogP contribution is 2.41. The highest BCUT2D eigenvalue weighted by Gasteiger charge is 2.53. The Hall–Kier alpha value is -1.21. The maximum absolute atomic E-state index is 10.3. The third kappa shape index (κ3) is 1.83. The molecule has 1 aromatic rings. The van der Waals surface area contributed by atoms with E-state index in [9.17, 15) is 10.1 Å². The molecule has 2 atom stereocenters. The molecule has 1 aliphatic rings. The molecule has 7 nitrogen and oxygen atoms in total. The van der Waals surface area contributed by atoms with Crippen LogP contribution in [0.25, 0.3) is 0 Å². The zero-order valence-electron chi connectivity index (χ0n) is 7.12. The van der Waals surface area contributed by atoms with Crippen LogP contribution < -0.4 is 5.73 Å². The van der Waals surface area contributed by atoms with Crippen molar-refractivity contribution < 1.29 is 9.45 Å². The van der Waals surface area contributed by atoms with Gasteiger partial charge in [-0.1, -0.05) is 5.16 Å². The predicted molar refractivity (Wildman–Crippen MR) is 47.6 cm³/mol. The Bertz CT molecular complexity index is 342. The van der Waals surface area contributed by atoms with Crippen molar-refractivity contribution in [1.29, 1.82) is 0 Å². The largest absolute Gasteiger partial charge is 0.339 e. The van der Waals surface area contributed by atoms with E-state index in [1.165, 1.54) is 0 Å². The third-order valence-corrected chi connectivity index (χ3v) is 2.01. The molecule has 8 heteroatoms. The molecule has 78 valence electrons. The average molecular weight is 221 g/mol. The molecule has 1 aliphatic carbocycles. The van der Waals surface area contributed by atoms with Crippen LogP contribution in [0, 0.1) is 10.1 Å². The molecule has 0 saturated heterocycles. The van der Waals surface area contributed by atoms with Gasteiger partial charge in [0, 0.05) is 11.3 Å². The Morgan fingerprint density at radius 1 is 1.71 bits per heavy atom. The molecule has 1 aromatic heterocycles. The lowest BCUT2D eigenvalue weighted by atomic mass is 10.4. The number of rotatable bonds is 3. The van der Waals surface area contributed by atoms with Crippen LogP contribution in [0.1, 0.15) is 24.1 Å². The van der Waals surface area contributed by atoms with Crippen LogP contribution in [0.4, 0.5) is 0 Å². The maximum atomic E-state index is 10.3. The first-order chi connectivity index (χ1) is 6.22. The van der Waals surface area contributed by atoms with Gasteiger partial charge in [0.1, 0.15) is 5.92 Å². The van der Waals surface area contributed by atoms with E-state index in [1.807, 2.05) is 0 Å². The molecule has 0 bridgehead atoms. The van der Waals surface area contributed by atoms with E-state index in [0.717, 1.165) is 0 Å². The Labute approximate surface area is 85.2 Å². The van der Waals surface area contributed by atoms with Gasteiger partial charge in [0.2, 0.25) is 11.9 Å². The lowest BCUT2D eigenvalue weighted by molar-refractivity contribution is -0.496. The fourth-order valence-electron chi connectivity index (χ4n) is 1.18. The number of halogens is 1. The molecule has 1 saturated carbocycles. The molecule has 0 aromatic carbocycles. The molecule has 2 N–H and O–H groups in total. The third-order valence-electron chi connectivity index (χ3n) is 2.01. The smallest absolute Gasteiger partial charge is 0.237 e. The van der Waals surface area contributed by atoms with Gasteiger partial charge in [-0.15, -0.1) is 12.4 Å². The number of nitrogens with zero attached hydrogens (tertiary/aromatic N) is 3. The minimum atomic E-state index is -0.550. The van der Waals surface area contributed by atoms with E-state index in [0.29, 0.717) is 18.1 Å². The molecule has 1 heterocycles. The summed E-state index contributed by atoms with van der Waals surface area (Å²) in [5, 5.41) is 13.9. The van der Waals surface area contributed by atoms with Crippen molar-refractivity contribution in [1.82, 2.24) is 10.1 Å². The van der Waals surface area contributed by atoms with Gasteiger partial charge in [-0.2, -0.15) is 4.98 Å². The molecule has 0 unspecified atom stereocenters. The van der Waals surface area contributed by atoms with E-state index in [4.69, 9.17) is 10.3 Å². The van der Waals surface area contributed by atoms with Gasteiger partial charge in [-0.3, -0.25) is 10.1 Å². The van der Waals surface area contributed by atoms with Crippen LogP contribution in [0.5, 0.6) is 0 Å². The van der Waals surface area contributed by atoms with Crippen molar-refractivity contribution in [3.8, 4) is 0 Å². The molecule has 0 amide bonds. The second-order valence-corrected chi connectivity index (χ2v) is 2.95. The van der Waals surface area contributed by atoms with E-state index in [-0.39, 0.29) is 29.8 Å².